The van der Waals surface area contributed by atoms with E-state index in [0.717, 1.165) is 0 Å². The highest BCUT2D eigenvalue weighted by molar-refractivity contribution is 6.35. The summed E-state index contributed by atoms with van der Waals surface area (Å²) in [4.78, 5) is 13.2. The van der Waals surface area contributed by atoms with Gasteiger partial charge in [-0.2, -0.15) is 0 Å². The maximum atomic E-state index is 13.2. The monoisotopic (exact) mass is 409 g/mol. The number of hydrazone groups is 1. The zero-order chi connectivity index (χ0) is 19.3. The fourth-order valence-corrected chi connectivity index (χ4v) is 3.89. The van der Waals surface area contributed by atoms with Gasteiger partial charge in [0, 0.05) is 10.6 Å². The van der Waals surface area contributed by atoms with Crippen LogP contribution >= 0.6 is 23.2 Å². The molecule has 0 radical (unpaired) electrons. The third-order valence-corrected chi connectivity index (χ3v) is 5.28. The van der Waals surface area contributed by atoms with Crippen LogP contribution in [0.2, 0.25) is 10.0 Å². The van der Waals surface area contributed by atoms with Gasteiger partial charge in [0.05, 0.1) is 22.0 Å². The molecule has 3 aromatic carbocycles. The Morgan fingerprint density at radius 1 is 0.964 bits per heavy atom. The van der Waals surface area contributed by atoms with Crippen molar-refractivity contribution in [3.05, 3.63) is 94.0 Å². The van der Waals surface area contributed by atoms with Crippen molar-refractivity contribution in [2.75, 3.05) is 10.3 Å². The highest BCUT2D eigenvalue weighted by Gasteiger charge is 2.59. The first-order chi connectivity index (χ1) is 13.6. The molecular weight excluding hydrogens is 397 g/mol. The van der Waals surface area contributed by atoms with E-state index in [2.05, 4.69) is 10.4 Å². The Balaban J connectivity index is 1.72. The van der Waals surface area contributed by atoms with E-state index < -0.39 is 5.72 Å². The van der Waals surface area contributed by atoms with Crippen molar-refractivity contribution in [2.24, 2.45) is 5.10 Å². The number of nitrogens with one attached hydrogen (secondary N) is 1. The van der Waals surface area contributed by atoms with Crippen molar-refractivity contribution in [3.8, 4) is 0 Å². The summed E-state index contributed by atoms with van der Waals surface area (Å²) in [6.07, 6.45) is 0. The lowest BCUT2D eigenvalue weighted by molar-refractivity contribution is -0.130. The van der Waals surface area contributed by atoms with Gasteiger partial charge in [0.1, 0.15) is 0 Å². The van der Waals surface area contributed by atoms with Gasteiger partial charge < -0.3 is 10.1 Å². The second-order valence-corrected chi connectivity index (χ2v) is 7.27. The number of halogens is 2. The first kappa shape index (κ1) is 17.1. The molecular formula is C21H13Cl2N3O2. The highest BCUT2D eigenvalue weighted by atomic mass is 35.5. The van der Waals surface area contributed by atoms with Crippen LogP contribution in [0.3, 0.4) is 0 Å². The Morgan fingerprint density at radius 2 is 1.75 bits per heavy atom. The zero-order valence-electron chi connectivity index (χ0n) is 14.4. The van der Waals surface area contributed by atoms with Gasteiger partial charge in [-0.3, -0.25) is 4.79 Å². The van der Waals surface area contributed by atoms with Gasteiger partial charge in [0.25, 0.3) is 5.91 Å². The Morgan fingerprint density at radius 3 is 2.54 bits per heavy atom. The standard InChI is InChI=1S/C21H13Cl2N3O2/c22-14-7-4-6-13(12-14)19-25-26(15-8-2-1-3-9-15)21(28-19)16-10-5-11-17(23)18(16)24-20(21)27/h1-12H,(H,24,27). The normalized spacial score (nSPS) is 20.0. The van der Waals surface area contributed by atoms with Gasteiger partial charge in [-0.15, -0.1) is 5.10 Å². The molecule has 1 unspecified atom stereocenters. The number of nitrogens with zero attached hydrogens (tertiary/aromatic N) is 2. The summed E-state index contributed by atoms with van der Waals surface area (Å²) in [6.45, 7) is 0. The van der Waals surface area contributed by atoms with Gasteiger partial charge in [-0.25, -0.2) is 5.01 Å². The van der Waals surface area contributed by atoms with E-state index in [9.17, 15) is 4.79 Å². The number of benzene rings is 3. The molecule has 0 saturated carbocycles. The number of carbonyl (C=O) groups excluding carboxylic acids is 1. The topological polar surface area (TPSA) is 53.9 Å². The molecule has 7 heteroatoms. The maximum Gasteiger partial charge on any atom is 0.311 e. The first-order valence-electron chi connectivity index (χ1n) is 8.59. The fourth-order valence-electron chi connectivity index (χ4n) is 3.48. The van der Waals surface area contributed by atoms with E-state index in [4.69, 9.17) is 27.9 Å². The predicted molar refractivity (Wildman–Crippen MR) is 110 cm³/mol. The summed E-state index contributed by atoms with van der Waals surface area (Å²) in [5, 5.41) is 10.1. The summed E-state index contributed by atoms with van der Waals surface area (Å²) in [6, 6.07) is 21.9. The van der Waals surface area contributed by atoms with Gasteiger partial charge in [-0.05, 0) is 36.4 Å². The minimum absolute atomic E-state index is 0.300. The van der Waals surface area contributed by atoms with Crippen LogP contribution in [0.4, 0.5) is 11.4 Å². The summed E-state index contributed by atoms with van der Waals surface area (Å²) >= 11 is 12.5. The molecule has 2 aliphatic rings. The van der Waals surface area contributed by atoms with Crippen LogP contribution in [0, 0.1) is 0 Å². The second kappa shape index (κ2) is 6.26. The fraction of sp³-hybridized carbons (Fsp3) is 0.0476. The lowest BCUT2D eigenvalue weighted by Crippen LogP contribution is -2.47. The van der Waals surface area contributed by atoms with Crippen molar-refractivity contribution in [3.63, 3.8) is 0 Å². The molecule has 0 saturated heterocycles. The van der Waals surface area contributed by atoms with Crippen LogP contribution in [0.15, 0.2) is 77.9 Å². The predicted octanol–water partition coefficient (Wildman–Crippen LogP) is 5.00. The molecule has 3 aromatic rings. The number of rotatable bonds is 2. The molecule has 1 N–H and O–H groups in total. The maximum absolute atomic E-state index is 13.2. The average Bonchev–Trinajstić information content (AvgIpc) is 3.24. The molecule has 2 heterocycles. The summed E-state index contributed by atoms with van der Waals surface area (Å²) in [5.41, 5.74) is 1.03. The Labute approximate surface area is 171 Å². The number of fused-ring (bicyclic) bond motifs is 2. The van der Waals surface area contributed by atoms with Gasteiger partial charge in [0.2, 0.25) is 5.90 Å². The van der Waals surface area contributed by atoms with E-state index in [0.29, 0.717) is 38.4 Å². The van der Waals surface area contributed by atoms with E-state index in [1.165, 1.54) is 0 Å². The van der Waals surface area contributed by atoms with Crippen LogP contribution in [-0.2, 0) is 15.3 Å². The Bertz CT molecular complexity index is 1130. The molecule has 0 aliphatic carbocycles. The molecule has 28 heavy (non-hydrogen) atoms. The molecule has 5 nitrogen and oxygen atoms in total. The van der Waals surface area contributed by atoms with Crippen molar-refractivity contribution in [1.82, 2.24) is 0 Å². The summed E-state index contributed by atoms with van der Waals surface area (Å²) in [5.74, 6) is -0.0606. The van der Waals surface area contributed by atoms with Gasteiger partial charge in [0.15, 0.2) is 0 Å². The van der Waals surface area contributed by atoms with E-state index >= 15 is 0 Å². The van der Waals surface area contributed by atoms with Crippen molar-refractivity contribution >= 4 is 46.4 Å². The van der Waals surface area contributed by atoms with Gasteiger partial charge in [-0.1, -0.05) is 59.6 Å². The molecule has 1 spiro atoms. The molecule has 138 valence electrons. The third kappa shape index (κ3) is 2.40. The largest absolute Gasteiger partial charge is 0.433 e. The van der Waals surface area contributed by atoms with Crippen LogP contribution in [-0.4, -0.2) is 11.8 Å². The first-order valence-corrected chi connectivity index (χ1v) is 9.34. The minimum atomic E-state index is -1.49. The minimum Gasteiger partial charge on any atom is -0.433 e. The Kier molecular flexibility index (Phi) is 3.82. The number of carbonyl (C=O) groups is 1. The van der Waals surface area contributed by atoms with Crippen LogP contribution in [0.5, 0.6) is 0 Å². The molecule has 0 aromatic heterocycles. The van der Waals surface area contributed by atoms with Crippen molar-refractivity contribution in [2.45, 2.75) is 5.72 Å². The number of ether oxygens (including phenoxy) is 1. The quantitative estimate of drug-likeness (QED) is 0.647. The molecule has 0 bridgehead atoms. The number of anilines is 2. The molecule has 0 fully saturated rings. The Hall–Kier alpha value is -3.02. The van der Waals surface area contributed by atoms with Crippen molar-refractivity contribution in [1.29, 1.82) is 0 Å². The smallest absolute Gasteiger partial charge is 0.311 e. The lowest BCUT2D eigenvalue weighted by Gasteiger charge is -2.30. The van der Waals surface area contributed by atoms with Gasteiger partial charge >= 0.3 is 5.72 Å². The highest BCUT2D eigenvalue weighted by Crippen LogP contribution is 2.49. The second-order valence-electron chi connectivity index (χ2n) is 6.43. The molecule has 1 amide bonds. The number of amides is 1. The van der Waals surface area contributed by atoms with Crippen molar-refractivity contribution < 1.29 is 9.53 Å². The molecule has 5 rings (SSSR count). The zero-order valence-corrected chi connectivity index (χ0v) is 15.9. The summed E-state index contributed by atoms with van der Waals surface area (Å²) in [7, 11) is 0. The van der Waals surface area contributed by atoms with E-state index in [-0.39, 0.29) is 5.91 Å². The lowest BCUT2D eigenvalue weighted by atomic mass is 10.0. The molecule has 1 atom stereocenters. The van der Waals surface area contributed by atoms with E-state index in [1.54, 1.807) is 35.3 Å². The third-order valence-electron chi connectivity index (χ3n) is 4.73. The summed E-state index contributed by atoms with van der Waals surface area (Å²) < 4.78 is 6.26. The van der Waals surface area contributed by atoms with Crippen LogP contribution in [0.25, 0.3) is 0 Å². The van der Waals surface area contributed by atoms with Crippen LogP contribution < -0.4 is 10.3 Å². The SMILES string of the molecule is O=C1Nc2c(Cl)cccc2C12OC(c1cccc(Cl)c1)=NN2c1ccccc1. The number of para-hydroxylation sites is 2. The number of hydrogen-bond donors (Lipinski definition) is 1. The number of hydrogen-bond acceptors (Lipinski definition) is 4. The van der Waals surface area contributed by atoms with E-state index in [1.807, 2.05) is 42.5 Å². The average molecular weight is 410 g/mol. The van der Waals surface area contributed by atoms with Crippen LogP contribution in [0.1, 0.15) is 11.1 Å². The molecule has 2 aliphatic heterocycles.